The van der Waals surface area contributed by atoms with Crippen LogP contribution in [0.15, 0.2) is 0 Å². The number of carbonyl (C=O) groups excluding carboxylic acids is 2. The van der Waals surface area contributed by atoms with Crippen molar-refractivity contribution in [2.24, 2.45) is 5.92 Å². The highest BCUT2D eigenvalue weighted by Crippen LogP contribution is 2.32. The Morgan fingerprint density at radius 1 is 1.33 bits per heavy atom. The molecule has 1 fully saturated rings. The van der Waals surface area contributed by atoms with Crippen molar-refractivity contribution in [2.45, 2.75) is 46.6 Å². The third kappa shape index (κ3) is 2.33. The molecule has 0 spiro atoms. The molecule has 0 unspecified atom stereocenters. The van der Waals surface area contributed by atoms with E-state index in [1.54, 1.807) is 0 Å². The van der Waals surface area contributed by atoms with Gasteiger partial charge < -0.3 is 10.3 Å². The zero-order valence-electron chi connectivity index (χ0n) is 11.4. The number of aryl methyl sites for hydroxylation is 1. The number of hydrogen-bond acceptors (Lipinski definition) is 2. The molecule has 0 aliphatic heterocycles. The van der Waals surface area contributed by atoms with Crippen molar-refractivity contribution in [3.05, 3.63) is 22.5 Å². The molecule has 2 rings (SSSR count). The maximum absolute atomic E-state index is 12.1. The van der Waals surface area contributed by atoms with Crippen molar-refractivity contribution < 1.29 is 9.59 Å². The minimum atomic E-state index is -0.109. The highest BCUT2D eigenvalue weighted by molar-refractivity contribution is 6.02. The highest BCUT2D eigenvalue weighted by atomic mass is 16.2. The van der Waals surface area contributed by atoms with E-state index in [2.05, 4.69) is 10.3 Å². The van der Waals surface area contributed by atoms with Crippen LogP contribution in [0.5, 0.6) is 0 Å². The molecule has 1 aliphatic rings. The molecular weight excluding hydrogens is 228 g/mol. The van der Waals surface area contributed by atoms with Crippen molar-refractivity contribution in [3.63, 3.8) is 0 Å². The SMILES string of the molecule is CC(=O)c1c(C)[nH]c(C(=O)N[C@@H](C)C2CC2)c1C. The van der Waals surface area contributed by atoms with Crippen LogP contribution in [0.1, 0.15) is 58.8 Å². The first kappa shape index (κ1) is 12.9. The fraction of sp³-hybridized carbons (Fsp3) is 0.571. The summed E-state index contributed by atoms with van der Waals surface area (Å²) in [6, 6.07) is 0.210. The van der Waals surface area contributed by atoms with E-state index in [4.69, 9.17) is 0 Å². The summed E-state index contributed by atoms with van der Waals surface area (Å²) < 4.78 is 0. The van der Waals surface area contributed by atoms with Crippen LogP contribution in [0.4, 0.5) is 0 Å². The number of nitrogens with one attached hydrogen (secondary N) is 2. The summed E-state index contributed by atoms with van der Waals surface area (Å²) in [5.41, 5.74) is 2.68. The lowest BCUT2D eigenvalue weighted by Crippen LogP contribution is -2.34. The van der Waals surface area contributed by atoms with Gasteiger partial charge in [-0.05, 0) is 52.0 Å². The topological polar surface area (TPSA) is 62.0 Å². The van der Waals surface area contributed by atoms with Crippen molar-refractivity contribution in [1.82, 2.24) is 10.3 Å². The smallest absolute Gasteiger partial charge is 0.268 e. The third-order valence-electron chi connectivity index (χ3n) is 3.70. The van der Waals surface area contributed by atoms with Crippen molar-refractivity contribution in [3.8, 4) is 0 Å². The first-order valence-electron chi connectivity index (χ1n) is 6.42. The second-order valence-corrected chi connectivity index (χ2v) is 5.28. The molecule has 1 heterocycles. The van der Waals surface area contributed by atoms with Gasteiger partial charge in [-0.25, -0.2) is 0 Å². The number of aromatic nitrogens is 1. The third-order valence-corrected chi connectivity index (χ3v) is 3.70. The van der Waals surface area contributed by atoms with E-state index in [0.717, 1.165) is 11.3 Å². The van der Waals surface area contributed by atoms with Gasteiger partial charge in [0.05, 0.1) is 0 Å². The molecule has 1 amide bonds. The lowest BCUT2D eigenvalue weighted by Gasteiger charge is -2.12. The summed E-state index contributed by atoms with van der Waals surface area (Å²) in [6.07, 6.45) is 2.39. The molecule has 1 saturated carbocycles. The molecule has 4 nitrogen and oxygen atoms in total. The largest absolute Gasteiger partial charge is 0.354 e. The maximum Gasteiger partial charge on any atom is 0.268 e. The quantitative estimate of drug-likeness (QED) is 0.803. The molecule has 1 aromatic rings. The van der Waals surface area contributed by atoms with E-state index in [-0.39, 0.29) is 17.7 Å². The molecule has 4 heteroatoms. The lowest BCUT2D eigenvalue weighted by atomic mass is 10.1. The minimum absolute atomic E-state index is 0.00413. The number of Topliss-reactive ketones (excluding diaryl/α,β-unsaturated/α-hetero) is 1. The van der Waals surface area contributed by atoms with E-state index in [9.17, 15) is 9.59 Å². The molecule has 18 heavy (non-hydrogen) atoms. The van der Waals surface area contributed by atoms with E-state index in [1.165, 1.54) is 19.8 Å². The summed E-state index contributed by atoms with van der Waals surface area (Å²) in [5, 5.41) is 3.00. The number of carbonyl (C=O) groups is 2. The Balaban J connectivity index is 2.19. The Morgan fingerprint density at radius 3 is 2.39 bits per heavy atom. The summed E-state index contributed by atoms with van der Waals surface area (Å²) in [7, 11) is 0. The van der Waals surface area contributed by atoms with Crippen LogP contribution in [-0.2, 0) is 0 Å². The molecule has 0 radical (unpaired) electrons. The first-order chi connectivity index (χ1) is 8.41. The number of H-pyrrole nitrogens is 1. The Kier molecular flexibility index (Phi) is 3.28. The predicted octanol–water partition coefficient (Wildman–Crippen LogP) is 2.36. The predicted molar refractivity (Wildman–Crippen MR) is 69.9 cm³/mol. The maximum atomic E-state index is 12.1. The standard InChI is InChI=1S/C14H20N2O2/c1-7-12(10(4)17)9(3)15-13(7)14(18)16-8(2)11-5-6-11/h8,11,15H,5-6H2,1-4H3,(H,16,18)/t8-/m0/s1. The highest BCUT2D eigenvalue weighted by Gasteiger charge is 2.30. The number of ketones is 1. The molecule has 1 aromatic heterocycles. The van der Waals surface area contributed by atoms with Crippen LogP contribution in [0.25, 0.3) is 0 Å². The van der Waals surface area contributed by atoms with E-state index >= 15 is 0 Å². The van der Waals surface area contributed by atoms with Gasteiger partial charge in [-0.2, -0.15) is 0 Å². The first-order valence-corrected chi connectivity index (χ1v) is 6.42. The Bertz CT molecular complexity index is 498. The monoisotopic (exact) mass is 248 g/mol. The van der Waals surface area contributed by atoms with Crippen molar-refractivity contribution in [1.29, 1.82) is 0 Å². The van der Waals surface area contributed by atoms with Gasteiger partial charge in [-0.1, -0.05) is 0 Å². The molecule has 1 aliphatic carbocycles. The molecule has 0 aromatic carbocycles. The van der Waals surface area contributed by atoms with Crippen LogP contribution in [0.2, 0.25) is 0 Å². The second kappa shape index (κ2) is 4.59. The van der Waals surface area contributed by atoms with Crippen molar-refractivity contribution >= 4 is 11.7 Å². The van der Waals surface area contributed by atoms with Crippen LogP contribution in [0.3, 0.4) is 0 Å². The molecule has 0 bridgehead atoms. The van der Waals surface area contributed by atoms with E-state index in [1.807, 2.05) is 20.8 Å². The van der Waals surface area contributed by atoms with Gasteiger partial charge in [0, 0.05) is 17.3 Å². The summed E-state index contributed by atoms with van der Waals surface area (Å²) >= 11 is 0. The molecule has 0 saturated heterocycles. The fourth-order valence-corrected chi connectivity index (χ4v) is 2.50. The average molecular weight is 248 g/mol. The molecule has 1 atom stereocenters. The van der Waals surface area contributed by atoms with Gasteiger partial charge in [-0.3, -0.25) is 9.59 Å². The Labute approximate surface area is 107 Å². The van der Waals surface area contributed by atoms with E-state index < -0.39 is 0 Å². The number of amides is 1. The summed E-state index contributed by atoms with van der Waals surface area (Å²) in [6.45, 7) is 7.20. The van der Waals surface area contributed by atoms with Crippen LogP contribution < -0.4 is 5.32 Å². The van der Waals surface area contributed by atoms with Gasteiger partial charge >= 0.3 is 0 Å². The second-order valence-electron chi connectivity index (χ2n) is 5.28. The lowest BCUT2D eigenvalue weighted by molar-refractivity contribution is 0.0930. The molecule has 98 valence electrons. The van der Waals surface area contributed by atoms with Crippen LogP contribution >= 0.6 is 0 Å². The summed E-state index contributed by atoms with van der Waals surface area (Å²) in [5.74, 6) is 0.510. The van der Waals surface area contributed by atoms with Gasteiger partial charge in [0.2, 0.25) is 0 Å². The van der Waals surface area contributed by atoms with Gasteiger partial charge in [0.15, 0.2) is 5.78 Å². The minimum Gasteiger partial charge on any atom is -0.354 e. The summed E-state index contributed by atoms with van der Waals surface area (Å²) in [4.78, 5) is 26.7. The Hall–Kier alpha value is -1.58. The zero-order chi connectivity index (χ0) is 13.4. The van der Waals surface area contributed by atoms with Gasteiger partial charge in [0.25, 0.3) is 5.91 Å². The van der Waals surface area contributed by atoms with Crippen LogP contribution in [-0.4, -0.2) is 22.7 Å². The van der Waals surface area contributed by atoms with Crippen molar-refractivity contribution in [2.75, 3.05) is 0 Å². The molecule has 2 N–H and O–H groups in total. The Morgan fingerprint density at radius 2 is 1.94 bits per heavy atom. The van der Waals surface area contributed by atoms with Gasteiger partial charge in [-0.15, -0.1) is 0 Å². The number of hydrogen-bond donors (Lipinski definition) is 2. The number of rotatable bonds is 4. The zero-order valence-corrected chi connectivity index (χ0v) is 11.4. The normalized spacial score (nSPS) is 16.4. The average Bonchev–Trinajstić information content (AvgIpc) is 3.04. The van der Waals surface area contributed by atoms with Crippen LogP contribution in [0, 0.1) is 19.8 Å². The fourth-order valence-electron chi connectivity index (χ4n) is 2.50. The van der Waals surface area contributed by atoms with Gasteiger partial charge in [0.1, 0.15) is 5.69 Å². The molecular formula is C14H20N2O2. The van der Waals surface area contributed by atoms with E-state index in [0.29, 0.717) is 17.2 Å². The number of aromatic amines is 1.